The molecule has 2 aromatic rings. The molecule has 0 bridgehead atoms. The third kappa shape index (κ3) is 4.17. The van der Waals surface area contributed by atoms with E-state index in [4.69, 9.17) is 25.8 Å². The van der Waals surface area contributed by atoms with Crippen LogP contribution in [-0.2, 0) is 15.1 Å². The van der Waals surface area contributed by atoms with Gasteiger partial charge in [0.15, 0.2) is 0 Å². The zero-order valence-electron chi connectivity index (χ0n) is 17.6. The summed E-state index contributed by atoms with van der Waals surface area (Å²) >= 11 is 6.38. The van der Waals surface area contributed by atoms with Gasteiger partial charge in [0.25, 0.3) is 5.91 Å². The lowest BCUT2D eigenvalue weighted by atomic mass is 9.85. The highest BCUT2D eigenvalue weighted by Crippen LogP contribution is 2.42. The van der Waals surface area contributed by atoms with E-state index in [1.165, 1.54) is 0 Å². The van der Waals surface area contributed by atoms with Crippen molar-refractivity contribution in [1.29, 1.82) is 0 Å². The van der Waals surface area contributed by atoms with Crippen LogP contribution in [0.15, 0.2) is 42.6 Å². The molecule has 0 radical (unpaired) electrons. The molecular weight excluding hydrogens is 404 g/mol. The molecule has 2 saturated heterocycles. The summed E-state index contributed by atoms with van der Waals surface area (Å²) in [6.07, 6.45) is 2.13. The van der Waals surface area contributed by atoms with Crippen molar-refractivity contribution in [3.05, 3.63) is 58.9 Å². The topological polar surface area (TPSA) is 60.9 Å². The molecule has 2 atom stereocenters. The Kier molecular flexibility index (Phi) is 5.75. The van der Waals surface area contributed by atoms with Crippen LogP contribution in [0.3, 0.4) is 0 Å². The number of piperidine rings is 1. The average molecular weight is 431 g/mol. The fraction of sp³-hybridized carbons (Fsp3) is 0.478. The molecule has 1 amide bonds. The van der Waals surface area contributed by atoms with Crippen LogP contribution in [0.25, 0.3) is 0 Å². The Bertz CT molecular complexity index is 915. The first kappa shape index (κ1) is 21.1. The van der Waals surface area contributed by atoms with Gasteiger partial charge in [0.05, 0.1) is 23.9 Å². The number of ether oxygens (including phenoxy) is 3. The van der Waals surface area contributed by atoms with Crippen LogP contribution in [0, 0.1) is 5.41 Å². The zero-order chi connectivity index (χ0) is 21.4. The smallest absolute Gasteiger partial charge is 0.254 e. The average Bonchev–Trinajstić information content (AvgIpc) is 3.16. The Morgan fingerprint density at radius 3 is 2.87 bits per heavy atom. The summed E-state index contributed by atoms with van der Waals surface area (Å²) in [6.45, 7) is 8.01. The van der Waals surface area contributed by atoms with Crippen molar-refractivity contribution in [1.82, 2.24) is 9.88 Å². The Morgan fingerprint density at radius 1 is 1.33 bits per heavy atom. The van der Waals surface area contributed by atoms with Gasteiger partial charge in [-0.1, -0.05) is 38.4 Å². The number of hydrogen-bond donors (Lipinski definition) is 0. The van der Waals surface area contributed by atoms with Crippen LogP contribution in [0.1, 0.15) is 43.2 Å². The van der Waals surface area contributed by atoms with Gasteiger partial charge in [0.2, 0.25) is 0 Å². The molecule has 4 rings (SSSR count). The SMILES string of the molecule is CC(C)(C)COc1ccc(C(=O)N2CC[C@]3(c4ccccn4)OCOC3C2)cc1Cl. The Labute approximate surface area is 182 Å². The molecule has 0 spiro atoms. The molecule has 2 fully saturated rings. The number of amides is 1. The summed E-state index contributed by atoms with van der Waals surface area (Å²) in [7, 11) is 0. The van der Waals surface area contributed by atoms with Gasteiger partial charge in [0.1, 0.15) is 24.2 Å². The van der Waals surface area contributed by atoms with Crippen LogP contribution < -0.4 is 4.74 Å². The van der Waals surface area contributed by atoms with Crippen LogP contribution >= 0.6 is 11.6 Å². The maximum absolute atomic E-state index is 13.1. The second-order valence-electron chi connectivity index (χ2n) is 9.02. The predicted molar refractivity (Wildman–Crippen MR) is 114 cm³/mol. The molecule has 1 unspecified atom stereocenters. The summed E-state index contributed by atoms with van der Waals surface area (Å²) < 4.78 is 17.6. The van der Waals surface area contributed by atoms with Gasteiger partial charge in [0, 0.05) is 24.7 Å². The molecule has 1 aromatic carbocycles. The quantitative estimate of drug-likeness (QED) is 0.724. The number of carbonyl (C=O) groups is 1. The zero-order valence-corrected chi connectivity index (χ0v) is 18.3. The summed E-state index contributed by atoms with van der Waals surface area (Å²) in [5.74, 6) is 0.507. The molecule has 30 heavy (non-hydrogen) atoms. The molecule has 6 nitrogen and oxygen atoms in total. The van der Waals surface area contributed by atoms with Gasteiger partial charge >= 0.3 is 0 Å². The number of likely N-dealkylation sites (tertiary alicyclic amines) is 1. The van der Waals surface area contributed by atoms with Gasteiger partial charge in [-0.2, -0.15) is 0 Å². The molecule has 2 aliphatic heterocycles. The summed E-state index contributed by atoms with van der Waals surface area (Å²) in [6, 6.07) is 11.0. The lowest BCUT2D eigenvalue weighted by molar-refractivity contribution is -0.0470. The fourth-order valence-corrected chi connectivity index (χ4v) is 4.10. The van der Waals surface area contributed by atoms with E-state index in [9.17, 15) is 4.79 Å². The molecule has 7 heteroatoms. The minimum absolute atomic E-state index is 0.0229. The first-order valence-corrected chi connectivity index (χ1v) is 10.5. The Hall–Kier alpha value is -2.15. The molecule has 3 heterocycles. The molecule has 2 aliphatic rings. The lowest BCUT2D eigenvalue weighted by Crippen LogP contribution is -2.53. The van der Waals surface area contributed by atoms with E-state index in [0.717, 1.165) is 5.69 Å². The summed E-state index contributed by atoms with van der Waals surface area (Å²) in [5.41, 5.74) is 0.811. The number of carbonyl (C=O) groups excluding carboxylic acids is 1. The second kappa shape index (κ2) is 8.17. The van der Waals surface area contributed by atoms with Gasteiger partial charge in [-0.3, -0.25) is 9.78 Å². The van der Waals surface area contributed by atoms with E-state index in [-0.39, 0.29) is 24.2 Å². The van der Waals surface area contributed by atoms with E-state index in [2.05, 4.69) is 25.8 Å². The Morgan fingerprint density at radius 2 is 2.17 bits per heavy atom. The molecule has 0 N–H and O–H groups in total. The van der Waals surface area contributed by atoms with Crippen molar-refractivity contribution in [2.45, 2.75) is 38.9 Å². The van der Waals surface area contributed by atoms with Crippen LogP contribution in [0.2, 0.25) is 5.02 Å². The van der Waals surface area contributed by atoms with E-state index < -0.39 is 5.60 Å². The molecule has 1 aromatic heterocycles. The number of fused-ring (bicyclic) bond motifs is 1. The molecule has 0 aliphatic carbocycles. The predicted octanol–water partition coefficient (Wildman–Crippen LogP) is 4.27. The fourth-order valence-electron chi connectivity index (χ4n) is 3.87. The standard InChI is InChI=1S/C23H27ClN2O4/c1-22(2,3)14-28-18-8-7-16(12-17(18)24)21(27)26-11-9-23(19-6-4-5-10-25-19)20(13-26)29-15-30-23/h4-8,10,12,20H,9,11,13-15H2,1-3H3/t20?,23-/m1/s1. The third-order valence-electron chi connectivity index (χ3n) is 5.47. The van der Waals surface area contributed by atoms with Crippen molar-refractivity contribution in [2.24, 2.45) is 5.41 Å². The summed E-state index contributed by atoms with van der Waals surface area (Å²) in [5, 5.41) is 0.436. The maximum atomic E-state index is 13.1. The number of benzene rings is 1. The van der Waals surface area contributed by atoms with Crippen molar-refractivity contribution < 1.29 is 19.0 Å². The first-order chi connectivity index (χ1) is 14.3. The van der Waals surface area contributed by atoms with Gasteiger partial charge in [-0.05, 0) is 35.7 Å². The monoisotopic (exact) mass is 430 g/mol. The van der Waals surface area contributed by atoms with Crippen LogP contribution in [-0.4, -0.2) is 48.4 Å². The number of halogens is 1. The van der Waals surface area contributed by atoms with E-state index in [1.807, 2.05) is 18.2 Å². The van der Waals surface area contributed by atoms with Crippen molar-refractivity contribution >= 4 is 17.5 Å². The van der Waals surface area contributed by atoms with Crippen molar-refractivity contribution in [3.63, 3.8) is 0 Å². The van der Waals surface area contributed by atoms with E-state index in [1.54, 1.807) is 29.3 Å². The Balaban J connectivity index is 1.47. The number of rotatable bonds is 4. The highest BCUT2D eigenvalue weighted by atomic mass is 35.5. The maximum Gasteiger partial charge on any atom is 0.254 e. The van der Waals surface area contributed by atoms with E-state index in [0.29, 0.717) is 42.5 Å². The minimum Gasteiger partial charge on any atom is -0.491 e. The number of pyridine rings is 1. The molecule has 160 valence electrons. The number of nitrogens with zero attached hydrogens (tertiary/aromatic N) is 2. The minimum atomic E-state index is -0.597. The van der Waals surface area contributed by atoms with Crippen LogP contribution in [0.5, 0.6) is 5.75 Å². The van der Waals surface area contributed by atoms with Gasteiger partial charge < -0.3 is 19.1 Å². The molecule has 0 saturated carbocycles. The third-order valence-corrected chi connectivity index (χ3v) is 5.77. The van der Waals surface area contributed by atoms with Gasteiger partial charge in [-0.15, -0.1) is 0 Å². The highest BCUT2D eigenvalue weighted by Gasteiger charge is 2.52. The number of hydrogen-bond acceptors (Lipinski definition) is 5. The van der Waals surface area contributed by atoms with E-state index >= 15 is 0 Å². The van der Waals surface area contributed by atoms with Gasteiger partial charge in [-0.25, -0.2) is 0 Å². The van der Waals surface area contributed by atoms with Crippen molar-refractivity contribution in [2.75, 3.05) is 26.5 Å². The first-order valence-electron chi connectivity index (χ1n) is 10.2. The summed E-state index contributed by atoms with van der Waals surface area (Å²) in [4.78, 5) is 19.4. The molecular formula is C23H27ClN2O4. The highest BCUT2D eigenvalue weighted by molar-refractivity contribution is 6.32. The number of aromatic nitrogens is 1. The second-order valence-corrected chi connectivity index (χ2v) is 9.42. The lowest BCUT2D eigenvalue weighted by Gasteiger charge is -2.41. The normalized spacial score (nSPS) is 23.9. The largest absolute Gasteiger partial charge is 0.491 e. The van der Waals surface area contributed by atoms with Crippen molar-refractivity contribution in [3.8, 4) is 5.75 Å². The van der Waals surface area contributed by atoms with Crippen LogP contribution in [0.4, 0.5) is 0 Å².